The van der Waals surface area contributed by atoms with Crippen molar-refractivity contribution >= 4 is 11.6 Å². The van der Waals surface area contributed by atoms with Crippen molar-refractivity contribution in [1.82, 2.24) is 10.2 Å². The van der Waals surface area contributed by atoms with E-state index in [4.69, 9.17) is 0 Å². The van der Waals surface area contributed by atoms with Gasteiger partial charge in [-0.2, -0.15) is 18.3 Å². The molecule has 0 fully saturated rings. The predicted molar refractivity (Wildman–Crippen MR) is 63.3 cm³/mol. The molecule has 0 radical (unpaired) electrons. The Labute approximate surface area is 106 Å². The monoisotopic (exact) mass is 269 g/mol. The average Bonchev–Trinajstić information content (AvgIpc) is 2.79. The van der Waals surface area contributed by atoms with Crippen LogP contribution in [-0.4, -0.2) is 22.3 Å². The van der Waals surface area contributed by atoms with Crippen LogP contribution in [0, 0.1) is 0 Å². The van der Waals surface area contributed by atoms with Gasteiger partial charge in [-0.1, -0.05) is 12.1 Å². The molecule has 0 aliphatic rings. The number of carbonyl (C=O) groups is 1. The molecule has 4 nitrogen and oxygen atoms in total. The van der Waals surface area contributed by atoms with Crippen molar-refractivity contribution < 1.29 is 18.0 Å². The number of nitrogens with one attached hydrogen (secondary N) is 2. The Morgan fingerprint density at radius 1 is 1.32 bits per heavy atom. The number of halogens is 3. The van der Waals surface area contributed by atoms with Crippen molar-refractivity contribution in [1.29, 1.82) is 0 Å². The second-order valence-electron chi connectivity index (χ2n) is 3.89. The number of hydrogen-bond donors (Lipinski definition) is 2. The summed E-state index contributed by atoms with van der Waals surface area (Å²) in [5.74, 6) is -1.09. The van der Waals surface area contributed by atoms with Crippen molar-refractivity contribution in [3.63, 3.8) is 0 Å². The minimum Gasteiger partial charge on any atom is -0.326 e. The van der Waals surface area contributed by atoms with Crippen LogP contribution < -0.4 is 5.32 Å². The van der Waals surface area contributed by atoms with Gasteiger partial charge in [-0.05, 0) is 18.2 Å². The number of aromatic nitrogens is 2. The first-order valence-corrected chi connectivity index (χ1v) is 5.40. The largest absolute Gasteiger partial charge is 0.397 e. The zero-order valence-electron chi connectivity index (χ0n) is 9.66. The van der Waals surface area contributed by atoms with Crippen molar-refractivity contribution in [2.45, 2.75) is 12.6 Å². The van der Waals surface area contributed by atoms with Gasteiger partial charge in [0.25, 0.3) is 0 Å². The molecule has 2 aromatic rings. The lowest BCUT2D eigenvalue weighted by Crippen LogP contribution is -2.21. The van der Waals surface area contributed by atoms with Gasteiger partial charge in [0.05, 0.1) is 5.69 Å². The number of rotatable bonds is 3. The van der Waals surface area contributed by atoms with E-state index in [1.807, 2.05) is 0 Å². The highest BCUT2D eigenvalue weighted by Gasteiger charge is 2.31. The molecule has 0 aliphatic carbocycles. The van der Waals surface area contributed by atoms with Gasteiger partial charge in [-0.25, -0.2) is 0 Å². The Balaban J connectivity index is 2.10. The highest BCUT2D eigenvalue weighted by molar-refractivity contribution is 5.91. The van der Waals surface area contributed by atoms with E-state index in [1.165, 1.54) is 6.07 Å². The van der Waals surface area contributed by atoms with Crippen LogP contribution in [0.25, 0.3) is 11.3 Å². The number of hydrogen-bond acceptors (Lipinski definition) is 2. The highest BCUT2D eigenvalue weighted by atomic mass is 19.4. The first-order valence-electron chi connectivity index (χ1n) is 5.40. The molecule has 0 spiro atoms. The molecule has 0 aliphatic heterocycles. The second-order valence-corrected chi connectivity index (χ2v) is 3.89. The average molecular weight is 269 g/mol. The number of H-pyrrole nitrogens is 1. The highest BCUT2D eigenvalue weighted by Crippen LogP contribution is 2.23. The number of amides is 1. The SMILES string of the molecule is O=C(CC(F)(F)F)Nc1cccc(-c2ccn[nH]2)c1. The molecule has 0 saturated carbocycles. The topological polar surface area (TPSA) is 57.8 Å². The molecule has 0 unspecified atom stereocenters. The van der Waals surface area contributed by atoms with Crippen molar-refractivity contribution in [2.75, 3.05) is 5.32 Å². The lowest BCUT2D eigenvalue weighted by atomic mass is 10.1. The number of nitrogens with zero attached hydrogens (tertiary/aromatic N) is 1. The predicted octanol–water partition coefficient (Wildman–Crippen LogP) is 2.97. The fourth-order valence-electron chi connectivity index (χ4n) is 1.57. The Morgan fingerprint density at radius 3 is 2.74 bits per heavy atom. The van der Waals surface area contributed by atoms with Crippen molar-refractivity contribution in [2.24, 2.45) is 0 Å². The van der Waals surface area contributed by atoms with E-state index < -0.39 is 18.5 Å². The smallest absolute Gasteiger partial charge is 0.326 e. The van der Waals surface area contributed by atoms with Gasteiger partial charge in [-0.3, -0.25) is 9.89 Å². The minimum absolute atomic E-state index is 0.307. The zero-order chi connectivity index (χ0) is 13.9. The number of aromatic amines is 1. The quantitative estimate of drug-likeness (QED) is 0.900. The molecular formula is C12H10F3N3O. The maximum absolute atomic E-state index is 12.0. The summed E-state index contributed by atoms with van der Waals surface area (Å²) in [5.41, 5.74) is 1.75. The van der Waals surface area contributed by atoms with Crippen molar-refractivity contribution in [3.8, 4) is 11.3 Å². The van der Waals surface area contributed by atoms with Gasteiger partial charge in [0.15, 0.2) is 0 Å². The summed E-state index contributed by atoms with van der Waals surface area (Å²) in [7, 11) is 0. The molecule has 0 saturated heterocycles. The summed E-state index contributed by atoms with van der Waals surface area (Å²) < 4.78 is 36.1. The van der Waals surface area contributed by atoms with Crippen LogP contribution in [0.5, 0.6) is 0 Å². The second kappa shape index (κ2) is 5.13. The summed E-state index contributed by atoms with van der Waals surface area (Å²) in [6, 6.07) is 8.21. The molecule has 7 heteroatoms. The van der Waals surface area contributed by atoms with Crippen LogP contribution in [0.3, 0.4) is 0 Å². The van der Waals surface area contributed by atoms with Gasteiger partial charge >= 0.3 is 6.18 Å². The molecule has 1 amide bonds. The molecule has 19 heavy (non-hydrogen) atoms. The fourth-order valence-corrected chi connectivity index (χ4v) is 1.57. The maximum atomic E-state index is 12.0. The number of alkyl halides is 3. The normalized spacial score (nSPS) is 11.3. The molecule has 1 heterocycles. The molecule has 1 aromatic heterocycles. The molecule has 2 rings (SSSR count). The Bertz CT molecular complexity index is 564. The molecular weight excluding hydrogens is 259 g/mol. The molecule has 1 aromatic carbocycles. The van der Waals surface area contributed by atoms with Gasteiger partial charge in [0, 0.05) is 17.4 Å². The van der Waals surface area contributed by atoms with E-state index in [1.54, 1.807) is 30.5 Å². The van der Waals surface area contributed by atoms with E-state index in [-0.39, 0.29) is 0 Å². The van der Waals surface area contributed by atoms with E-state index in [2.05, 4.69) is 15.5 Å². The Hall–Kier alpha value is -2.31. The van der Waals surface area contributed by atoms with E-state index in [9.17, 15) is 18.0 Å². The first kappa shape index (κ1) is 13.1. The lowest BCUT2D eigenvalue weighted by Gasteiger charge is -2.08. The first-order chi connectivity index (χ1) is 8.94. The van der Waals surface area contributed by atoms with E-state index in [0.717, 1.165) is 5.56 Å². The summed E-state index contributed by atoms with van der Waals surface area (Å²) >= 11 is 0. The minimum atomic E-state index is -4.51. The van der Waals surface area contributed by atoms with Crippen LogP contribution in [0.2, 0.25) is 0 Å². The molecule has 100 valence electrons. The van der Waals surface area contributed by atoms with Crippen LogP contribution in [0.1, 0.15) is 6.42 Å². The van der Waals surface area contributed by atoms with Crippen molar-refractivity contribution in [3.05, 3.63) is 36.5 Å². The summed E-state index contributed by atoms with van der Waals surface area (Å²) in [4.78, 5) is 11.2. The summed E-state index contributed by atoms with van der Waals surface area (Å²) in [6.45, 7) is 0. The van der Waals surface area contributed by atoms with Gasteiger partial charge < -0.3 is 5.32 Å². The fraction of sp³-hybridized carbons (Fsp3) is 0.167. The molecule has 0 atom stereocenters. The third-order valence-corrected chi connectivity index (χ3v) is 2.32. The van der Waals surface area contributed by atoms with Gasteiger partial charge in [0.2, 0.25) is 5.91 Å². The van der Waals surface area contributed by atoms with Crippen LogP contribution in [0.15, 0.2) is 36.5 Å². The van der Waals surface area contributed by atoms with Gasteiger partial charge in [0.1, 0.15) is 6.42 Å². The van der Waals surface area contributed by atoms with Gasteiger partial charge in [-0.15, -0.1) is 0 Å². The van der Waals surface area contributed by atoms with Crippen LogP contribution >= 0.6 is 0 Å². The lowest BCUT2D eigenvalue weighted by molar-refractivity contribution is -0.150. The van der Waals surface area contributed by atoms with E-state index in [0.29, 0.717) is 11.4 Å². The van der Waals surface area contributed by atoms with Crippen LogP contribution in [-0.2, 0) is 4.79 Å². The summed E-state index contributed by atoms with van der Waals surface area (Å²) in [6.07, 6.45) is -4.45. The molecule has 0 bridgehead atoms. The third kappa shape index (κ3) is 3.84. The zero-order valence-corrected chi connectivity index (χ0v) is 9.66. The number of carbonyl (C=O) groups excluding carboxylic acids is 1. The third-order valence-electron chi connectivity index (χ3n) is 2.32. The van der Waals surface area contributed by atoms with E-state index >= 15 is 0 Å². The number of benzene rings is 1. The number of anilines is 1. The Kier molecular flexibility index (Phi) is 3.55. The standard InChI is InChI=1S/C12H10F3N3O/c13-12(14,15)7-11(19)17-9-3-1-2-8(6-9)10-4-5-16-18-10/h1-6H,7H2,(H,16,18)(H,17,19). The maximum Gasteiger partial charge on any atom is 0.397 e. The summed E-state index contributed by atoms with van der Waals surface area (Å²) in [5, 5.41) is 8.71. The molecule has 2 N–H and O–H groups in total. The van der Waals surface area contributed by atoms with Crippen LogP contribution in [0.4, 0.5) is 18.9 Å². The Morgan fingerprint density at radius 2 is 2.11 bits per heavy atom.